The van der Waals surface area contributed by atoms with Crippen molar-refractivity contribution in [2.45, 2.75) is 130 Å². The third kappa shape index (κ3) is 6.86. The van der Waals surface area contributed by atoms with E-state index in [9.17, 15) is 10.2 Å². The first-order valence-electron chi connectivity index (χ1n) is 22.3. The SMILES string of the molecule is Cc1cc(-c2ccccc2-c2cccc(-c3ccccc3-c3cc(C)cc(-c4sc5c(c4C)C(C)(C)CCC5(C)C)c3O)n2)c(O)c(-c2sc3c(c2C)C(C)(C)CCC3(C)C)c1. The molecule has 2 aliphatic rings. The molecule has 5 heteroatoms. The number of aromatic hydroxyl groups is 2. The lowest BCUT2D eigenvalue weighted by Gasteiger charge is -2.39. The predicted molar refractivity (Wildman–Crippen MR) is 265 cm³/mol. The van der Waals surface area contributed by atoms with Crippen molar-refractivity contribution in [1.82, 2.24) is 4.98 Å². The Labute approximate surface area is 377 Å². The molecule has 0 aliphatic heterocycles. The van der Waals surface area contributed by atoms with E-state index >= 15 is 0 Å². The number of phenolic OH excluding ortho intramolecular Hbond substituents is 2. The van der Waals surface area contributed by atoms with Gasteiger partial charge in [-0.25, -0.2) is 4.98 Å². The minimum atomic E-state index is 0.0890. The zero-order valence-electron chi connectivity index (χ0n) is 38.6. The van der Waals surface area contributed by atoms with E-state index in [0.29, 0.717) is 11.5 Å². The zero-order chi connectivity index (χ0) is 44.3. The van der Waals surface area contributed by atoms with Gasteiger partial charge in [-0.15, -0.1) is 22.7 Å². The van der Waals surface area contributed by atoms with E-state index in [1.807, 2.05) is 34.8 Å². The summed E-state index contributed by atoms with van der Waals surface area (Å²) < 4.78 is 0. The van der Waals surface area contributed by atoms with Gasteiger partial charge in [-0.1, -0.05) is 110 Å². The Morgan fingerprint density at radius 1 is 0.419 bits per heavy atom. The largest absolute Gasteiger partial charge is 0.507 e. The summed E-state index contributed by atoms with van der Waals surface area (Å²) in [6.07, 6.45) is 4.61. The van der Waals surface area contributed by atoms with Gasteiger partial charge in [0.2, 0.25) is 0 Å². The van der Waals surface area contributed by atoms with E-state index < -0.39 is 0 Å². The first kappa shape index (κ1) is 42.3. The average molecular weight is 856 g/mol. The molecule has 0 amide bonds. The highest BCUT2D eigenvalue weighted by Crippen LogP contribution is 2.57. The number of benzene rings is 4. The first-order chi connectivity index (χ1) is 29.2. The fraction of sp³-hybridized carbons (Fsp3) is 0.351. The van der Waals surface area contributed by atoms with Crippen LogP contribution >= 0.6 is 22.7 Å². The molecule has 0 saturated carbocycles. The summed E-state index contributed by atoms with van der Waals surface area (Å²) in [6, 6.07) is 31.4. The van der Waals surface area contributed by atoms with Crippen molar-refractivity contribution >= 4 is 22.7 Å². The van der Waals surface area contributed by atoms with Gasteiger partial charge in [-0.3, -0.25) is 0 Å². The lowest BCUT2D eigenvalue weighted by molar-refractivity contribution is 0.337. The van der Waals surface area contributed by atoms with E-state index in [-0.39, 0.29) is 21.7 Å². The van der Waals surface area contributed by atoms with Crippen LogP contribution in [-0.4, -0.2) is 15.2 Å². The molecule has 0 bridgehead atoms. The summed E-state index contributed by atoms with van der Waals surface area (Å²) in [5, 5.41) is 24.7. The lowest BCUT2D eigenvalue weighted by Crippen LogP contribution is -2.32. The zero-order valence-corrected chi connectivity index (χ0v) is 40.3. The number of hydrogen-bond acceptors (Lipinski definition) is 5. The van der Waals surface area contributed by atoms with Crippen LogP contribution in [0.15, 0.2) is 91.0 Å². The fourth-order valence-electron chi connectivity index (χ4n) is 10.8. The molecule has 318 valence electrons. The van der Waals surface area contributed by atoms with E-state index in [1.54, 1.807) is 0 Å². The van der Waals surface area contributed by atoms with Crippen LogP contribution in [0.25, 0.3) is 65.6 Å². The highest BCUT2D eigenvalue weighted by molar-refractivity contribution is 7.16. The molecule has 0 fully saturated rings. The maximum absolute atomic E-state index is 12.4. The molecule has 0 atom stereocenters. The van der Waals surface area contributed by atoms with Crippen molar-refractivity contribution in [2.75, 3.05) is 0 Å². The van der Waals surface area contributed by atoms with Crippen LogP contribution in [0.4, 0.5) is 0 Å². The molecular weight excluding hydrogens is 795 g/mol. The number of rotatable bonds is 6. The quantitative estimate of drug-likeness (QED) is 0.175. The molecule has 0 spiro atoms. The van der Waals surface area contributed by atoms with Crippen LogP contribution in [-0.2, 0) is 21.7 Å². The van der Waals surface area contributed by atoms with Gasteiger partial charge >= 0.3 is 0 Å². The summed E-state index contributed by atoms with van der Waals surface area (Å²) in [5.41, 5.74) is 16.9. The van der Waals surface area contributed by atoms with E-state index in [2.05, 4.69) is 162 Å². The van der Waals surface area contributed by atoms with Gasteiger partial charge in [-0.05, 0) is 156 Å². The number of hydrogen-bond donors (Lipinski definition) is 2. The molecule has 0 saturated heterocycles. The number of aromatic nitrogens is 1. The third-order valence-corrected chi connectivity index (χ3v) is 17.7. The Bertz CT molecular complexity index is 2740. The second kappa shape index (κ2) is 14.8. The first-order valence-corrected chi connectivity index (χ1v) is 24.0. The van der Waals surface area contributed by atoms with Gasteiger partial charge in [-0.2, -0.15) is 0 Å². The Hall–Kier alpha value is -4.97. The summed E-state index contributed by atoms with van der Waals surface area (Å²) in [7, 11) is 0. The molecule has 2 N–H and O–H groups in total. The fourth-order valence-corrected chi connectivity index (χ4v) is 14.1. The summed E-state index contributed by atoms with van der Waals surface area (Å²) >= 11 is 3.74. The molecule has 9 rings (SSSR count). The average Bonchev–Trinajstić information content (AvgIpc) is 3.79. The summed E-state index contributed by atoms with van der Waals surface area (Å²) in [4.78, 5) is 10.6. The smallest absolute Gasteiger partial charge is 0.132 e. The lowest BCUT2D eigenvalue weighted by atomic mass is 9.66. The van der Waals surface area contributed by atoms with Crippen LogP contribution in [0.3, 0.4) is 0 Å². The van der Waals surface area contributed by atoms with Gasteiger partial charge in [0.1, 0.15) is 11.5 Å². The van der Waals surface area contributed by atoms with Gasteiger partial charge in [0.25, 0.3) is 0 Å². The molecule has 2 aliphatic carbocycles. The number of phenols is 2. The highest BCUT2D eigenvalue weighted by Gasteiger charge is 2.42. The van der Waals surface area contributed by atoms with E-state index in [0.717, 1.165) is 92.7 Å². The second-order valence-corrected chi connectivity index (χ2v) is 23.0. The molecule has 0 unspecified atom stereocenters. The maximum atomic E-state index is 12.4. The van der Waals surface area contributed by atoms with Crippen molar-refractivity contribution < 1.29 is 10.2 Å². The molecule has 3 heterocycles. The summed E-state index contributed by atoms with van der Waals surface area (Å²) in [6.45, 7) is 27.8. The Morgan fingerprint density at radius 3 is 1.13 bits per heavy atom. The second-order valence-electron chi connectivity index (χ2n) is 21.0. The molecule has 3 nitrogen and oxygen atoms in total. The molecule has 4 aromatic carbocycles. The van der Waals surface area contributed by atoms with Crippen molar-refractivity contribution in [1.29, 1.82) is 0 Å². The highest BCUT2D eigenvalue weighted by atomic mass is 32.1. The molecular formula is C57H61NO2S2. The molecule has 7 aromatic rings. The molecule has 62 heavy (non-hydrogen) atoms. The summed E-state index contributed by atoms with van der Waals surface area (Å²) in [5.74, 6) is 0.614. The van der Waals surface area contributed by atoms with Crippen molar-refractivity contribution in [3.63, 3.8) is 0 Å². The maximum Gasteiger partial charge on any atom is 0.132 e. The molecule has 3 aromatic heterocycles. The van der Waals surface area contributed by atoms with Crippen molar-refractivity contribution in [2.24, 2.45) is 0 Å². The van der Waals surface area contributed by atoms with Gasteiger partial charge < -0.3 is 10.2 Å². The number of aryl methyl sites for hydroxylation is 2. The minimum absolute atomic E-state index is 0.0890. The Balaban J connectivity index is 1.14. The van der Waals surface area contributed by atoms with E-state index in [4.69, 9.17) is 4.98 Å². The number of pyridine rings is 1. The number of fused-ring (bicyclic) bond motifs is 2. The monoisotopic (exact) mass is 855 g/mol. The van der Waals surface area contributed by atoms with Gasteiger partial charge in [0, 0.05) is 52.9 Å². The number of nitrogens with zero attached hydrogens (tertiary/aromatic N) is 1. The minimum Gasteiger partial charge on any atom is -0.507 e. The van der Waals surface area contributed by atoms with Crippen LogP contribution < -0.4 is 0 Å². The van der Waals surface area contributed by atoms with Crippen LogP contribution in [0.2, 0.25) is 0 Å². The van der Waals surface area contributed by atoms with Crippen LogP contribution in [0.5, 0.6) is 11.5 Å². The standard InChI is InChI=1S/C57H61NO2S2/c1-32-28-40(48(59)42(30-32)50-34(3)46-52(61-50)56(9,10)26-24-54(46,5)6)36-18-13-15-20-38(36)44-22-17-23-45(58-44)39-21-16-14-19-37(39)41-29-33(2)31-43(49(41)60)51-35(4)47-53(62-51)57(11,12)27-25-55(47,7)8/h13-23,28-31,59-60H,24-27H2,1-12H3. The predicted octanol–water partition coefficient (Wildman–Crippen LogP) is 16.5. The Morgan fingerprint density at radius 2 is 0.758 bits per heavy atom. The van der Waals surface area contributed by atoms with Crippen LogP contribution in [0.1, 0.15) is 124 Å². The topological polar surface area (TPSA) is 53.4 Å². The van der Waals surface area contributed by atoms with Gasteiger partial charge in [0.05, 0.1) is 11.4 Å². The van der Waals surface area contributed by atoms with Crippen molar-refractivity contribution in [3.8, 4) is 77.1 Å². The molecule has 0 radical (unpaired) electrons. The third-order valence-electron chi connectivity index (χ3n) is 14.4. The van der Waals surface area contributed by atoms with Crippen LogP contribution in [0, 0.1) is 27.7 Å². The van der Waals surface area contributed by atoms with Crippen molar-refractivity contribution in [3.05, 3.63) is 134 Å². The number of thiophene rings is 2. The Kier molecular flexibility index (Phi) is 10.1. The van der Waals surface area contributed by atoms with E-state index in [1.165, 1.54) is 41.8 Å². The van der Waals surface area contributed by atoms with Gasteiger partial charge in [0.15, 0.2) is 0 Å². The normalized spacial score (nSPS) is 17.1.